The molecule has 0 spiro atoms. The van der Waals surface area contributed by atoms with Crippen LogP contribution in [0.1, 0.15) is 140 Å². The maximum atomic E-state index is 6.66. The van der Waals surface area contributed by atoms with Crippen LogP contribution in [0.2, 0.25) is 0 Å². The van der Waals surface area contributed by atoms with Gasteiger partial charge in [-0.05, 0) is 72.6 Å². The number of hydrogen-bond acceptors (Lipinski definition) is 2. The fraction of sp³-hybridized carbons (Fsp3) is 0.657. The molecule has 2 atom stereocenters. The summed E-state index contributed by atoms with van der Waals surface area (Å²) in [4.78, 5) is 0. The summed E-state index contributed by atoms with van der Waals surface area (Å²) in [6.07, 6.45) is 20.2. The predicted molar refractivity (Wildman–Crippen MR) is 157 cm³/mol. The molecule has 0 amide bonds. The van der Waals surface area contributed by atoms with Gasteiger partial charge in [0.05, 0.1) is 12.2 Å². The molecule has 2 fully saturated rings. The molecule has 0 heterocycles. The summed E-state index contributed by atoms with van der Waals surface area (Å²) in [6.45, 7) is 7.75. The van der Waals surface area contributed by atoms with Crippen molar-refractivity contribution in [3.8, 4) is 5.75 Å². The predicted octanol–water partition coefficient (Wildman–Crippen LogP) is 10.3. The minimum absolute atomic E-state index is 0.162. The molecule has 2 aromatic rings. The molecule has 2 heteroatoms. The second kappa shape index (κ2) is 14.4. The van der Waals surface area contributed by atoms with Gasteiger partial charge in [-0.25, -0.2) is 0 Å². The third-order valence-electron chi connectivity index (χ3n) is 8.94. The molecule has 37 heavy (non-hydrogen) atoms. The number of benzene rings is 2. The van der Waals surface area contributed by atoms with E-state index < -0.39 is 0 Å². The molecule has 0 bridgehead atoms. The van der Waals surface area contributed by atoms with Gasteiger partial charge < -0.3 is 9.47 Å². The van der Waals surface area contributed by atoms with Gasteiger partial charge in [0.15, 0.2) is 0 Å². The molecule has 2 saturated carbocycles. The van der Waals surface area contributed by atoms with Gasteiger partial charge in [0.2, 0.25) is 0 Å². The van der Waals surface area contributed by atoms with E-state index in [0.29, 0.717) is 24.7 Å². The molecule has 0 aliphatic heterocycles. The summed E-state index contributed by atoms with van der Waals surface area (Å²) in [5.41, 5.74) is 4.21. The van der Waals surface area contributed by atoms with Gasteiger partial charge in [0.1, 0.15) is 12.4 Å². The van der Waals surface area contributed by atoms with Crippen LogP contribution in [0.15, 0.2) is 48.5 Å². The Labute approximate surface area is 227 Å². The zero-order valence-electron chi connectivity index (χ0n) is 24.0. The smallest absolute Gasteiger partial charge is 0.123 e. The van der Waals surface area contributed by atoms with Crippen molar-refractivity contribution in [2.75, 3.05) is 0 Å². The van der Waals surface area contributed by atoms with Crippen LogP contribution in [0.25, 0.3) is 0 Å². The first-order valence-corrected chi connectivity index (χ1v) is 15.5. The monoisotopic (exact) mass is 504 g/mol. The number of hydrogen-bond donors (Lipinski definition) is 0. The van der Waals surface area contributed by atoms with Gasteiger partial charge in [0.25, 0.3) is 0 Å². The minimum Gasteiger partial charge on any atom is -0.489 e. The second-order valence-electron chi connectivity index (χ2n) is 12.5. The van der Waals surface area contributed by atoms with Gasteiger partial charge in [-0.15, -0.1) is 0 Å². The number of ether oxygens (including phenoxy) is 2. The fourth-order valence-electron chi connectivity index (χ4n) is 6.49. The molecule has 0 aromatic heterocycles. The van der Waals surface area contributed by atoms with Crippen LogP contribution in [-0.4, -0.2) is 12.2 Å². The molecule has 4 rings (SSSR count). The Morgan fingerprint density at radius 1 is 0.784 bits per heavy atom. The highest BCUT2D eigenvalue weighted by atomic mass is 16.5. The third kappa shape index (κ3) is 8.60. The van der Waals surface area contributed by atoms with E-state index in [4.69, 9.17) is 9.47 Å². The van der Waals surface area contributed by atoms with Crippen molar-refractivity contribution in [3.63, 3.8) is 0 Å². The molecule has 204 valence electrons. The molecular weight excluding hydrogens is 452 g/mol. The van der Waals surface area contributed by atoms with E-state index in [0.717, 1.165) is 12.2 Å². The summed E-state index contributed by atoms with van der Waals surface area (Å²) in [5, 5.41) is 0. The van der Waals surface area contributed by atoms with E-state index in [1.54, 1.807) is 0 Å². The van der Waals surface area contributed by atoms with Gasteiger partial charge in [0, 0.05) is 0 Å². The van der Waals surface area contributed by atoms with E-state index in [1.165, 1.54) is 107 Å². The van der Waals surface area contributed by atoms with E-state index in [-0.39, 0.29) is 5.41 Å². The summed E-state index contributed by atoms with van der Waals surface area (Å²) in [5.74, 6) is 1.63. The quantitative estimate of drug-likeness (QED) is 0.253. The van der Waals surface area contributed by atoms with E-state index in [1.807, 2.05) is 0 Å². The number of rotatable bonds is 13. The highest BCUT2D eigenvalue weighted by Gasteiger charge is 2.30. The van der Waals surface area contributed by atoms with Crippen LogP contribution in [0.3, 0.4) is 0 Å². The lowest BCUT2D eigenvalue weighted by molar-refractivity contribution is -0.0485. The first-order chi connectivity index (χ1) is 18.0. The highest BCUT2D eigenvalue weighted by Crippen LogP contribution is 2.42. The Morgan fingerprint density at radius 2 is 1.54 bits per heavy atom. The summed E-state index contributed by atoms with van der Waals surface area (Å²) < 4.78 is 13.3. The minimum atomic E-state index is 0.162. The Hall–Kier alpha value is -1.80. The van der Waals surface area contributed by atoms with Crippen molar-refractivity contribution in [2.45, 2.75) is 147 Å². The van der Waals surface area contributed by atoms with Gasteiger partial charge in [-0.2, -0.15) is 0 Å². The molecule has 2 aliphatic carbocycles. The number of unbranched alkanes of at least 4 members (excludes halogenated alkanes) is 4. The van der Waals surface area contributed by atoms with Gasteiger partial charge in [-0.3, -0.25) is 0 Å². The summed E-state index contributed by atoms with van der Waals surface area (Å²) >= 11 is 0. The summed E-state index contributed by atoms with van der Waals surface area (Å²) in [6, 6.07) is 17.8. The maximum absolute atomic E-state index is 6.66. The lowest BCUT2D eigenvalue weighted by Gasteiger charge is -2.34. The lowest BCUT2D eigenvalue weighted by Crippen LogP contribution is -2.28. The zero-order valence-corrected chi connectivity index (χ0v) is 24.0. The molecule has 2 aromatic carbocycles. The highest BCUT2D eigenvalue weighted by molar-refractivity contribution is 5.43. The maximum Gasteiger partial charge on any atom is 0.123 e. The normalized spacial score (nSPS) is 21.2. The molecule has 2 unspecified atom stereocenters. The molecule has 2 aliphatic rings. The van der Waals surface area contributed by atoms with Gasteiger partial charge in [-0.1, -0.05) is 121 Å². The molecular formula is C35H52O2. The molecule has 0 N–H and O–H groups in total. The lowest BCUT2D eigenvalue weighted by atomic mass is 9.77. The molecule has 0 saturated heterocycles. The largest absolute Gasteiger partial charge is 0.489 e. The second-order valence-corrected chi connectivity index (χ2v) is 12.5. The van der Waals surface area contributed by atoms with Crippen LogP contribution < -0.4 is 4.74 Å². The average Bonchev–Trinajstić information content (AvgIpc) is 2.93. The Bertz CT molecular complexity index is 912. The zero-order chi connectivity index (χ0) is 25.9. The average molecular weight is 505 g/mol. The Balaban J connectivity index is 1.48. The van der Waals surface area contributed by atoms with Crippen LogP contribution >= 0.6 is 0 Å². The van der Waals surface area contributed by atoms with Crippen molar-refractivity contribution in [1.29, 1.82) is 0 Å². The summed E-state index contributed by atoms with van der Waals surface area (Å²) in [7, 11) is 0. The van der Waals surface area contributed by atoms with Crippen LogP contribution in [0.5, 0.6) is 5.75 Å². The van der Waals surface area contributed by atoms with E-state index in [2.05, 4.69) is 69.3 Å². The van der Waals surface area contributed by atoms with Crippen molar-refractivity contribution in [3.05, 3.63) is 65.2 Å². The fourth-order valence-corrected chi connectivity index (χ4v) is 6.49. The third-order valence-corrected chi connectivity index (χ3v) is 8.94. The van der Waals surface area contributed by atoms with Crippen molar-refractivity contribution in [2.24, 2.45) is 0 Å². The molecule has 2 nitrogen and oxygen atoms in total. The van der Waals surface area contributed by atoms with Crippen molar-refractivity contribution < 1.29 is 9.47 Å². The van der Waals surface area contributed by atoms with Crippen LogP contribution in [0, 0.1) is 0 Å². The van der Waals surface area contributed by atoms with Crippen molar-refractivity contribution >= 4 is 0 Å². The SMILES string of the molecule is CCCCCCCC(C)(C)c1ccc(C2CCCC(OC3CCCCC3)C2)c(OCc2ccccc2)c1. The first kappa shape index (κ1) is 28.2. The van der Waals surface area contributed by atoms with Crippen LogP contribution in [0.4, 0.5) is 0 Å². The van der Waals surface area contributed by atoms with E-state index >= 15 is 0 Å². The van der Waals surface area contributed by atoms with Gasteiger partial charge >= 0.3 is 0 Å². The topological polar surface area (TPSA) is 18.5 Å². The molecule has 0 radical (unpaired) electrons. The van der Waals surface area contributed by atoms with Crippen LogP contribution in [-0.2, 0) is 16.8 Å². The van der Waals surface area contributed by atoms with E-state index in [9.17, 15) is 0 Å². The standard InChI is InChI=1S/C35H52O2/c1-4-5-6-7-14-24-35(2,3)30-22-23-33(34(26-30)36-27-28-16-10-8-11-17-28)29-18-15-21-32(25-29)37-31-19-12-9-13-20-31/h8,10-11,16-17,22-23,26,29,31-32H,4-7,9,12-15,18-21,24-25,27H2,1-3H3. The Morgan fingerprint density at radius 3 is 2.32 bits per heavy atom. The van der Waals surface area contributed by atoms with Crippen molar-refractivity contribution in [1.82, 2.24) is 0 Å². The Kier molecular flexibility index (Phi) is 11.0. The first-order valence-electron chi connectivity index (χ1n) is 15.5.